The van der Waals surface area contributed by atoms with E-state index in [-0.39, 0.29) is 11.9 Å². The minimum Gasteiger partial charge on any atom is -0.496 e. The number of carbonyl (C=O) groups is 1. The number of hydrogen-bond acceptors (Lipinski definition) is 4. The number of halogens is 1. The van der Waals surface area contributed by atoms with E-state index >= 15 is 0 Å². The standard InChI is InChI=1S/C20H24ClN3O2/c1-26-19-5-3-2-4-17(19)18-13-22-10-11-24(18)14-20(25)23-12-15-6-8-16(21)9-7-15/h2-9,18,22H,10-14H2,1H3,(H,23,25). The van der Waals surface area contributed by atoms with Crippen LogP contribution < -0.4 is 15.4 Å². The largest absolute Gasteiger partial charge is 0.496 e. The summed E-state index contributed by atoms with van der Waals surface area (Å²) in [7, 11) is 1.68. The molecule has 6 heteroatoms. The van der Waals surface area contributed by atoms with Crippen molar-refractivity contribution in [2.24, 2.45) is 0 Å². The zero-order valence-electron chi connectivity index (χ0n) is 14.9. The Morgan fingerprint density at radius 1 is 1.27 bits per heavy atom. The number of hydrogen-bond donors (Lipinski definition) is 2. The molecule has 1 amide bonds. The number of nitrogens with one attached hydrogen (secondary N) is 2. The van der Waals surface area contributed by atoms with Crippen LogP contribution in [0.25, 0.3) is 0 Å². The van der Waals surface area contributed by atoms with Crippen LogP contribution in [0.3, 0.4) is 0 Å². The van der Waals surface area contributed by atoms with Gasteiger partial charge in [-0.3, -0.25) is 9.69 Å². The predicted octanol–water partition coefficient (Wildman–Crippen LogP) is 2.61. The Labute approximate surface area is 159 Å². The van der Waals surface area contributed by atoms with Crippen molar-refractivity contribution in [3.8, 4) is 5.75 Å². The van der Waals surface area contributed by atoms with Crippen LogP contribution in [0, 0.1) is 0 Å². The van der Waals surface area contributed by atoms with Crippen molar-refractivity contribution in [3.63, 3.8) is 0 Å². The molecule has 0 aromatic heterocycles. The lowest BCUT2D eigenvalue weighted by atomic mass is 10.0. The van der Waals surface area contributed by atoms with Crippen molar-refractivity contribution in [3.05, 3.63) is 64.7 Å². The van der Waals surface area contributed by atoms with Crippen LogP contribution in [-0.2, 0) is 11.3 Å². The first kappa shape index (κ1) is 18.7. The SMILES string of the molecule is COc1ccccc1C1CNCCN1CC(=O)NCc1ccc(Cl)cc1. The predicted molar refractivity (Wildman–Crippen MR) is 103 cm³/mol. The molecule has 1 aliphatic rings. The molecule has 1 aliphatic heterocycles. The number of nitrogens with zero attached hydrogens (tertiary/aromatic N) is 1. The minimum atomic E-state index is 0.0155. The van der Waals surface area contributed by atoms with Crippen molar-refractivity contribution in [2.75, 3.05) is 33.3 Å². The number of methoxy groups -OCH3 is 1. The summed E-state index contributed by atoms with van der Waals surface area (Å²) in [6.45, 7) is 3.34. The lowest BCUT2D eigenvalue weighted by Gasteiger charge is -2.36. The second-order valence-corrected chi connectivity index (χ2v) is 6.77. The van der Waals surface area contributed by atoms with Crippen LogP contribution in [0.1, 0.15) is 17.2 Å². The monoisotopic (exact) mass is 373 g/mol. The van der Waals surface area contributed by atoms with E-state index in [1.54, 1.807) is 7.11 Å². The summed E-state index contributed by atoms with van der Waals surface area (Å²) < 4.78 is 5.50. The normalized spacial score (nSPS) is 17.7. The maximum atomic E-state index is 12.5. The second kappa shape index (κ2) is 9.03. The number of benzene rings is 2. The van der Waals surface area contributed by atoms with Crippen LogP contribution in [0.4, 0.5) is 0 Å². The highest BCUT2D eigenvalue weighted by atomic mass is 35.5. The number of amides is 1. The molecule has 0 saturated carbocycles. The van der Waals surface area contributed by atoms with Gasteiger partial charge in [0.25, 0.3) is 0 Å². The van der Waals surface area contributed by atoms with Crippen molar-refractivity contribution < 1.29 is 9.53 Å². The molecule has 0 spiro atoms. The topological polar surface area (TPSA) is 53.6 Å². The molecule has 3 rings (SSSR count). The van der Waals surface area contributed by atoms with E-state index < -0.39 is 0 Å². The molecule has 1 heterocycles. The Kier molecular flexibility index (Phi) is 6.50. The van der Waals surface area contributed by atoms with Crippen LogP contribution in [0.5, 0.6) is 5.75 Å². The smallest absolute Gasteiger partial charge is 0.234 e. The molecule has 5 nitrogen and oxygen atoms in total. The average molecular weight is 374 g/mol. The van der Waals surface area contributed by atoms with Crippen molar-refractivity contribution in [1.82, 2.24) is 15.5 Å². The highest BCUT2D eigenvalue weighted by Crippen LogP contribution is 2.29. The van der Waals surface area contributed by atoms with Crippen LogP contribution >= 0.6 is 11.6 Å². The first-order valence-corrected chi connectivity index (χ1v) is 9.14. The first-order chi connectivity index (χ1) is 12.7. The lowest BCUT2D eigenvalue weighted by molar-refractivity contribution is -0.123. The van der Waals surface area contributed by atoms with Crippen molar-refractivity contribution in [1.29, 1.82) is 0 Å². The van der Waals surface area contributed by atoms with Gasteiger partial charge in [0.15, 0.2) is 0 Å². The van der Waals surface area contributed by atoms with Gasteiger partial charge in [0, 0.05) is 36.8 Å². The molecule has 1 saturated heterocycles. The number of para-hydroxylation sites is 1. The summed E-state index contributed by atoms with van der Waals surface area (Å²) in [6, 6.07) is 15.6. The van der Waals surface area contributed by atoms with Crippen LogP contribution in [-0.4, -0.2) is 44.1 Å². The van der Waals surface area contributed by atoms with Gasteiger partial charge in [0.1, 0.15) is 5.75 Å². The Bertz CT molecular complexity index is 736. The van der Waals surface area contributed by atoms with Gasteiger partial charge in [-0.1, -0.05) is 41.9 Å². The molecule has 138 valence electrons. The summed E-state index contributed by atoms with van der Waals surface area (Å²) in [5, 5.41) is 7.10. The maximum Gasteiger partial charge on any atom is 0.234 e. The Morgan fingerprint density at radius 2 is 2.04 bits per heavy atom. The van der Waals surface area contributed by atoms with E-state index in [2.05, 4.69) is 21.6 Å². The van der Waals surface area contributed by atoms with E-state index in [0.29, 0.717) is 18.1 Å². The van der Waals surface area contributed by atoms with Gasteiger partial charge in [-0.25, -0.2) is 0 Å². The molecule has 1 unspecified atom stereocenters. The second-order valence-electron chi connectivity index (χ2n) is 6.34. The van der Waals surface area contributed by atoms with Gasteiger partial charge in [-0.05, 0) is 23.8 Å². The summed E-state index contributed by atoms with van der Waals surface area (Å²) in [5.41, 5.74) is 2.14. The van der Waals surface area contributed by atoms with Gasteiger partial charge < -0.3 is 15.4 Å². The quantitative estimate of drug-likeness (QED) is 0.817. The maximum absolute atomic E-state index is 12.5. The molecular weight excluding hydrogens is 350 g/mol. The third-order valence-electron chi connectivity index (χ3n) is 4.60. The number of rotatable bonds is 6. The Balaban J connectivity index is 1.62. The molecular formula is C20H24ClN3O2. The highest BCUT2D eigenvalue weighted by Gasteiger charge is 2.27. The molecule has 1 atom stereocenters. The molecule has 2 aromatic rings. The Morgan fingerprint density at radius 3 is 2.81 bits per heavy atom. The summed E-state index contributed by atoms with van der Waals surface area (Å²) >= 11 is 5.89. The molecule has 0 bridgehead atoms. The number of carbonyl (C=O) groups excluding carboxylic acids is 1. The fraction of sp³-hybridized carbons (Fsp3) is 0.350. The van der Waals surface area contributed by atoms with E-state index in [1.807, 2.05) is 42.5 Å². The van der Waals surface area contributed by atoms with E-state index in [0.717, 1.165) is 36.5 Å². The molecule has 1 fully saturated rings. The van der Waals surface area contributed by atoms with Crippen LogP contribution in [0.15, 0.2) is 48.5 Å². The van der Waals surface area contributed by atoms with Gasteiger partial charge in [-0.15, -0.1) is 0 Å². The van der Waals surface area contributed by atoms with Crippen molar-refractivity contribution >= 4 is 17.5 Å². The third kappa shape index (κ3) is 4.75. The summed E-state index contributed by atoms with van der Waals surface area (Å²) in [4.78, 5) is 14.7. The molecule has 0 radical (unpaired) electrons. The highest BCUT2D eigenvalue weighted by molar-refractivity contribution is 6.30. The number of ether oxygens (including phenoxy) is 1. The number of piperazine rings is 1. The summed E-state index contributed by atoms with van der Waals surface area (Å²) in [6.07, 6.45) is 0. The zero-order valence-corrected chi connectivity index (χ0v) is 15.6. The van der Waals surface area contributed by atoms with Gasteiger partial charge >= 0.3 is 0 Å². The molecule has 2 aromatic carbocycles. The van der Waals surface area contributed by atoms with Crippen LogP contribution in [0.2, 0.25) is 5.02 Å². The molecule has 2 N–H and O–H groups in total. The molecule has 26 heavy (non-hydrogen) atoms. The third-order valence-corrected chi connectivity index (χ3v) is 4.85. The fourth-order valence-corrected chi connectivity index (χ4v) is 3.35. The van der Waals surface area contributed by atoms with E-state index in [1.165, 1.54) is 0 Å². The van der Waals surface area contributed by atoms with E-state index in [9.17, 15) is 4.79 Å². The lowest BCUT2D eigenvalue weighted by Crippen LogP contribution is -2.49. The first-order valence-electron chi connectivity index (χ1n) is 8.76. The minimum absolute atomic E-state index is 0.0155. The van der Waals surface area contributed by atoms with Gasteiger partial charge in [0.2, 0.25) is 5.91 Å². The van der Waals surface area contributed by atoms with Gasteiger partial charge in [0.05, 0.1) is 19.7 Å². The Hall–Kier alpha value is -2.08. The van der Waals surface area contributed by atoms with E-state index in [4.69, 9.17) is 16.3 Å². The fourth-order valence-electron chi connectivity index (χ4n) is 3.23. The zero-order chi connectivity index (χ0) is 18.4. The van der Waals surface area contributed by atoms with Gasteiger partial charge in [-0.2, -0.15) is 0 Å². The molecule has 0 aliphatic carbocycles. The average Bonchev–Trinajstić information content (AvgIpc) is 2.68. The van der Waals surface area contributed by atoms with Crippen molar-refractivity contribution in [2.45, 2.75) is 12.6 Å². The summed E-state index contributed by atoms with van der Waals surface area (Å²) in [5.74, 6) is 0.870.